The van der Waals surface area contributed by atoms with Crippen LogP contribution in [0.3, 0.4) is 0 Å². The van der Waals surface area contributed by atoms with Crippen LogP contribution in [0.25, 0.3) is 0 Å². The summed E-state index contributed by atoms with van der Waals surface area (Å²) >= 11 is 0. The number of piperidine rings is 1. The number of amides is 3. The molecule has 3 amide bonds. The summed E-state index contributed by atoms with van der Waals surface area (Å²) < 4.78 is 2.54. The standard InChI is InChI=1S/C25H30N6O5/c1-28-12-17(23(34)29(2)25(28)36)13-30(18-7-8-26-10-18)11-15-3-4-16-14-31(24(35)19(16)9-15)20-5-6-21(32)27-22(20)33/h3-4,9,12,18,20,26H,5-8,10-11,13-14H2,1-2H3,(H,27,32,33). The number of nitrogens with one attached hydrogen (secondary N) is 2. The van der Waals surface area contributed by atoms with E-state index in [9.17, 15) is 24.0 Å². The molecule has 0 bridgehead atoms. The Balaban J connectivity index is 1.38. The van der Waals surface area contributed by atoms with Crippen LogP contribution in [0.2, 0.25) is 0 Å². The summed E-state index contributed by atoms with van der Waals surface area (Å²) in [4.78, 5) is 65.7. The van der Waals surface area contributed by atoms with E-state index >= 15 is 0 Å². The maximum Gasteiger partial charge on any atom is 0.330 e. The maximum absolute atomic E-state index is 13.2. The fourth-order valence-electron chi connectivity index (χ4n) is 5.41. The molecule has 190 valence electrons. The van der Waals surface area contributed by atoms with Gasteiger partial charge in [0, 0.05) is 70.1 Å². The molecule has 0 radical (unpaired) electrons. The van der Waals surface area contributed by atoms with Crippen molar-refractivity contribution in [1.29, 1.82) is 0 Å². The second kappa shape index (κ2) is 9.47. The van der Waals surface area contributed by atoms with Crippen molar-refractivity contribution in [2.75, 3.05) is 13.1 Å². The average Bonchev–Trinajstić information content (AvgIpc) is 3.50. The van der Waals surface area contributed by atoms with Crippen molar-refractivity contribution in [2.24, 2.45) is 14.1 Å². The summed E-state index contributed by atoms with van der Waals surface area (Å²) in [6.07, 6.45) is 3.08. The predicted molar refractivity (Wildman–Crippen MR) is 130 cm³/mol. The summed E-state index contributed by atoms with van der Waals surface area (Å²) in [5.41, 5.74) is 2.22. The normalized spacial score (nSPS) is 21.9. The number of rotatable bonds is 6. The van der Waals surface area contributed by atoms with Crippen LogP contribution < -0.4 is 21.9 Å². The maximum atomic E-state index is 13.2. The van der Waals surface area contributed by atoms with Crippen LogP contribution in [0, 0.1) is 0 Å². The van der Waals surface area contributed by atoms with E-state index in [0.29, 0.717) is 37.2 Å². The number of nitrogens with zero attached hydrogens (tertiary/aromatic N) is 4. The minimum atomic E-state index is -0.645. The zero-order valence-corrected chi connectivity index (χ0v) is 20.5. The summed E-state index contributed by atoms with van der Waals surface area (Å²) in [5, 5.41) is 5.69. The van der Waals surface area contributed by atoms with Crippen molar-refractivity contribution in [1.82, 2.24) is 29.6 Å². The fraction of sp³-hybridized carbons (Fsp3) is 0.480. The molecule has 0 spiro atoms. The Bertz CT molecular complexity index is 1360. The summed E-state index contributed by atoms with van der Waals surface area (Å²) in [6.45, 7) is 2.91. The quantitative estimate of drug-likeness (QED) is 0.504. The number of aryl methyl sites for hydroxylation is 1. The number of hydrogen-bond acceptors (Lipinski definition) is 7. The van der Waals surface area contributed by atoms with Gasteiger partial charge in [0.1, 0.15) is 6.04 Å². The second-order valence-corrected chi connectivity index (χ2v) is 9.86. The zero-order valence-electron chi connectivity index (χ0n) is 20.5. The number of carbonyl (C=O) groups is 3. The van der Waals surface area contributed by atoms with Crippen LogP contribution in [-0.4, -0.2) is 61.8 Å². The Labute approximate surface area is 207 Å². The molecule has 11 nitrogen and oxygen atoms in total. The van der Waals surface area contributed by atoms with Gasteiger partial charge in [-0.3, -0.25) is 34.0 Å². The lowest BCUT2D eigenvalue weighted by Gasteiger charge is -2.29. The molecule has 0 saturated carbocycles. The Morgan fingerprint density at radius 2 is 1.86 bits per heavy atom. The van der Waals surface area contributed by atoms with Gasteiger partial charge >= 0.3 is 5.69 Å². The van der Waals surface area contributed by atoms with Crippen LogP contribution in [0.15, 0.2) is 34.0 Å². The third kappa shape index (κ3) is 4.40. The van der Waals surface area contributed by atoms with Crippen LogP contribution in [0.4, 0.5) is 0 Å². The third-order valence-electron chi connectivity index (χ3n) is 7.42. The van der Waals surface area contributed by atoms with E-state index in [1.165, 1.54) is 11.6 Å². The zero-order chi connectivity index (χ0) is 25.6. The summed E-state index contributed by atoms with van der Waals surface area (Å²) in [6, 6.07) is 5.33. The Hall–Kier alpha value is -3.57. The first kappa shape index (κ1) is 24.1. The van der Waals surface area contributed by atoms with Crippen LogP contribution in [-0.2, 0) is 43.3 Å². The number of aromatic nitrogens is 2. The third-order valence-corrected chi connectivity index (χ3v) is 7.42. The molecular formula is C25H30N6O5. The number of carbonyl (C=O) groups excluding carboxylic acids is 3. The molecular weight excluding hydrogens is 464 g/mol. The van der Waals surface area contributed by atoms with Gasteiger partial charge in [-0.15, -0.1) is 0 Å². The van der Waals surface area contributed by atoms with Crippen molar-refractivity contribution >= 4 is 17.7 Å². The van der Waals surface area contributed by atoms with Crippen molar-refractivity contribution in [2.45, 2.75) is 51.0 Å². The Morgan fingerprint density at radius 3 is 2.58 bits per heavy atom. The van der Waals surface area contributed by atoms with E-state index in [1.807, 2.05) is 18.2 Å². The van der Waals surface area contributed by atoms with E-state index in [1.54, 1.807) is 18.1 Å². The molecule has 4 heterocycles. The largest absolute Gasteiger partial charge is 0.330 e. The minimum Gasteiger partial charge on any atom is -0.322 e. The van der Waals surface area contributed by atoms with Gasteiger partial charge < -0.3 is 14.8 Å². The first-order chi connectivity index (χ1) is 17.2. The lowest BCUT2D eigenvalue weighted by atomic mass is 10.0. The molecule has 1 aromatic heterocycles. The number of imide groups is 1. The van der Waals surface area contributed by atoms with E-state index in [4.69, 9.17) is 0 Å². The molecule has 11 heteroatoms. The summed E-state index contributed by atoms with van der Waals surface area (Å²) in [7, 11) is 3.11. The van der Waals surface area contributed by atoms with Gasteiger partial charge in [-0.05, 0) is 36.6 Å². The number of benzene rings is 1. The van der Waals surface area contributed by atoms with E-state index in [2.05, 4.69) is 15.5 Å². The predicted octanol–water partition coefficient (Wildman–Crippen LogP) is -0.791. The van der Waals surface area contributed by atoms with Gasteiger partial charge in [0.25, 0.3) is 11.5 Å². The highest BCUT2D eigenvalue weighted by atomic mass is 16.2. The molecule has 3 aliphatic rings. The second-order valence-electron chi connectivity index (χ2n) is 9.86. The topological polar surface area (TPSA) is 126 Å². The van der Waals surface area contributed by atoms with Crippen LogP contribution >= 0.6 is 0 Å². The molecule has 2 saturated heterocycles. The lowest BCUT2D eigenvalue weighted by Crippen LogP contribution is -2.52. The minimum absolute atomic E-state index is 0.205. The molecule has 2 aromatic rings. The first-order valence-corrected chi connectivity index (χ1v) is 12.2. The van der Waals surface area contributed by atoms with Gasteiger partial charge in [-0.25, -0.2) is 4.79 Å². The van der Waals surface area contributed by atoms with Gasteiger partial charge in [0.15, 0.2) is 0 Å². The van der Waals surface area contributed by atoms with Gasteiger partial charge in [-0.1, -0.05) is 12.1 Å². The van der Waals surface area contributed by atoms with Crippen molar-refractivity contribution in [3.05, 3.63) is 67.5 Å². The monoisotopic (exact) mass is 494 g/mol. The highest BCUT2D eigenvalue weighted by molar-refractivity contribution is 6.05. The van der Waals surface area contributed by atoms with Crippen molar-refractivity contribution in [3.8, 4) is 0 Å². The molecule has 36 heavy (non-hydrogen) atoms. The van der Waals surface area contributed by atoms with Crippen molar-refractivity contribution in [3.63, 3.8) is 0 Å². The lowest BCUT2D eigenvalue weighted by molar-refractivity contribution is -0.136. The Morgan fingerprint density at radius 1 is 1.06 bits per heavy atom. The van der Waals surface area contributed by atoms with Crippen LogP contribution in [0.1, 0.15) is 46.3 Å². The van der Waals surface area contributed by atoms with Crippen molar-refractivity contribution < 1.29 is 14.4 Å². The molecule has 2 atom stereocenters. The number of hydrogen-bond donors (Lipinski definition) is 2. The summed E-state index contributed by atoms with van der Waals surface area (Å²) in [5.74, 6) is -0.939. The fourth-order valence-corrected chi connectivity index (χ4v) is 5.41. The van der Waals surface area contributed by atoms with E-state index in [-0.39, 0.29) is 35.5 Å². The van der Waals surface area contributed by atoms with Gasteiger partial charge in [0.05, 0.1) is 0 Å². The smallest absolute Gasteiger partial charge is 0.322 e. The molecule has 5 rings (SSSR count). The highest BCUT2D eigenvalue weighted by Gasteiger charge is 2.39. The molecule has 1 aromatic carbocycles. The SMILES string of the molecule is Cn1cc(CN(Cc2ccc3c(c2)C(=O)N(C2CCC(=O)NC2=O)C3)C2CCNC2)c(=O)n(C)c1=O. The Kier molecular flexibility index (Phi) is 6.35. The molecule has 2 fully saturated rings. The molecule has 3 aliphatic heterocycles. The molecule has 0 aliphatic carbocycles. The molecule has 2 unspecified atom stereocenters. The van der Waals surface area contributed by atoms with Gasteiger partial charge in [-0.2, -0.15) is 0 Å². The number of fused-ring (bicyclic) bond motifs is 1. The average molecular weight is 495 g/mol. The van der Waals surface area contributed by atoms with E-state index < -0.39 is 11.9 Å². The molecule has 2 N–H and O–H groups in total. The van der Waals surface area contributed by atoms with E-state index in [0.717, 1.165) is 35.2 Å². The first-order valence-electron chi connectivity index (χ1n) is 12.2. The highest BCUT2D eigenvalue weighted by Crippen LogP contribution is 2.29. The van der Waals surface area contributed by atoms with Gasteiger partial charge in [0.2, 0.25) is 11.8 Å². The van der Waals surface area contributed by atoms with Crippen LogP contribution in [0.5, 0.6) is 0 Å².